The number of hydrogen-bond donors (Lipinski definition) is 1. The number of carbonyl (C=O) groups excluding carboxylic acids is 3. The molecular weight excluding hydrogens is 390 g/mol. The fraction of sp³-hybridized carbons (Fsp3) is 0.160. The summed E-state index contributed by atoms with van der Waals surface area (Å²) in [6.07, 6.45) is 0.0891. The van der Waals surface area contributed by atoms with Crippen molar-refractivity contribution in [2.45, 2.75) is 12.6 Å². The van der Waals surface area contributed by atoms with Crippen LogP contribution in [-0.4, -0.2) is 35.7 Å². The van der Waals surface area contributed by atoms with Gasteiger partial charge in [-0.2, -0.15) is 0 Å². The molecule has 31 heavy (non-hydrogen) atoms. The molecule has 3 aromatic carbocycles. The molecular formula is C25H21N3O3. The van der Waals surface area contributed by atoms with E-state index in [0.717, 1.165) is 11.1 Å². The van der Waals surface area contributed by atoms with Crippen LogP contribution in [0, 0.1) is 0 Å². The molecule has 0 spiro atoms. The van der Waals surface area contributed by atoms with E-state index >= 15 is 0 Å². The van der Waals surface area contributed by atoms with Crippen LogP contribution in [0.2, 0.25) is 0 Å². The highest BCUT2D eigenvalue weighted by atomic mass is 16.2. The molecule has 0 bridgehead atoms. The van der Waals surface area contributed by atoms with Crippen molar-refractivity contribution in [3.05, 3.63) is 101 Å². The van der Waals surface area contributed by atoms with Gasteiger partial charge in [0.25, 0.3) is 11.8 Å². The van der Waals surface area contributed by atoms with Gasteiger partial charge in [0.05, 0.1) is 11.3 Å². The lowest BCUT2D eigenvalue weighted by Crippen LogP contribution is -2.51. The number of hydrogen-bond acceptors (Lipinski definition) is 3. The maximum Gasteiger partial charge on any atom is 0.260 e. The van der Waals surface area contributed by atoms with Crippen molar-refractivity contribution in [1.82, 2.24) is 10.2 Å². The molecule has 0 saturated heterocycles. The standard InChI is InChI=1S/C25H21N3O3/c29-22(26-15-14-17-8-2-1-3-9-17)16-27-23-18-10-4-5-11-19(18)25(31)28(23)21-13-7-6-12-20(21)24(27)30/h1-13,23H,14-16H2,(H,26,29)/t23-/m1/s1. The smallest absolute Gasteiger partial charge is 0.260 e. The molecule has 0 radical (unpaired) electrons. The summed E-state index contributed by atoms with van der Waals surface area (Å²) in [6.45, 7) is 0.357. The van der Waals surface area contributed by atoms with Crippen LogP contribution in [0.15, 0.2) is 78.9 Å². The van der Waals surface area contributed by atoms with Gasteiger partial charge < -0.3 is 10.2 Å². The zero-order chi connectivity index (χ0) is 21.4. The third-order valence-corrected chi connectivity index (χ3v) is 5.78. The van der Waals surface area contributed by atoms with E-state index in [1.165, 1.54) is 4.90 Å². The van der Waals surface area contributed by atoms with Gasteiger partial charge in [0.15, 0.2) is 0 Å². The monoisotopic (exact) mass is 411 g/mol. The Hall–Kier alpha value is -3.93. The fourth-order valence-corrected chi connectivity index (χ4v) is 4.34. The summed E-state index contributed by atoms with van der Waals surface area (Å²) >= 11 is 0. The zero-order valence-electron chi connectivity index (χ0n) is 16.8. The molecule has 2 aliphatic heterocycles. The van der Waals surface area contributed by atoms with E-state index < -0.39 is 6.17 Å². The van der Waals surface area contributed by atoms with Gasteiger partial charge in [-0.1, -0.05) is 60.7 Å². The number of nitrogens with one attached hydrogen (secondary N) is 1. The van der Waals surface area contributed by atoms with Crippen molar-refractivity contribution in [3.8, 4) is 0 Å². The van der Waals surface area contributed by atoms with Gasteiger partial charge in [-0.25, -0.2) is 0 Å². The molecule has 0 saturated carbocycles. The van der Waals surface area contributed by atoms with Crippen molar-refractivity contribution >= 4 is 23.4 Å². The highest BCUT2D eigenvalue weighted by Crippen LogP contribution is 2.44. The molecule has 3 amide bonds. The van der Waals surface area contributed by atoms with Crippen molar-refractivity contribution in [3.63, 3.8) is 0 Å². The van der Waals surface area contributed by atoms with Crippen LogP contribution in [0.1, 0.15) is 38.0 Å². The van der Waals surface area contributed by atoms with Crippen molar-refractivity contribution in [1.29, 1.82) is 0 Å². The molecule has 1 atom stereocenters. The Bertz CT molecular complexity index is 1180. The number of rotatable bonds is 5. The minimum Gasteiger partial charge on any atom is -0.354 e. The quantitative estimate of drug-likeness (QED) is 0.701. The summed E-state index contributed by atoms with van der Waals surface area (Å²) in [5.41, 5.74) is 3.45. The van der Waals surface area contributed by atoms with Gasteiger partial charge in [-0.05, 0) is 30.2 Å². The molecule has 6 heteroatoms. The molecule has 0 unspecified atom stereocenters. The number of amides is 3. The van der Waals surface area contributed by atoms with Gasteiger partial charge in [-0.3, -0.25) is 19.3 Å². The Labute approximate surface area is 180 Å². The second-order valence-electron chi connectivity index (χ2n) is 7.67. The number of carbonyl (C=O) groups is 3. The first kappa shape index (κ1) is 19.1. The normalized spacial score (nSPS) is 16.6. The second kappa shape index (κ2) is 7.72. The molecule has 5 rings (SSSR count). The molecule has 6 nitrogen and oxygen atoms in total. The van der Waals surface area contributed by atoms with E-state index in [-0.39, 0.29) is 24.3 Å². The van der Waals surface area contributed by atoms with Crippen molar-refractivity contribution < 1.29 is 14.4 Å². The van der Waals surface area contributed by atoms with E-state index in [4.69, 9.17) is 0 Å². The lowest BCUT2D eigenvalue weighted by atomic mass is 10.0. The van der Waals surface area contributed by atoms with Gasteiger partial charge in [0.1, 0.15) is 12.7 Å². The van der Waals surface area contributed by atoms with E-state index in [1.54, 1.807) is 29.2 Å². The van der Waals surface area contributed by atoms with Crippen LogP contribution in [0.25, 0.3) is 0 Å². The van der Waals surface area contributed by atoms with E-state index in [2.05, 4.69) is 5.32 Å². The molecule has 3 aromatic rings. The predicted octanol–water partition coefficient (Wildman–Crippen LogP) is 3.16. The molecule has 0 aromatic heterocycles. The average molecular weight is 411 g/mol. The first-order valence-corrected chi connectivity index (χ1v) is 10.3. The number of para-hydroxylation sites is 1. The maximum absolute atomic E-state index is 13.3. The van der Waals surface area contributed by atoms with E-state index in [9.17, 15) is 14.4 Å². The Morgan fingerprint density at radius 3 is 2.29 bits per heavy atom. The van der Waals surface area contributed by atoms with Gasteiger partial charge >= 0.3 is 0 Å². The van der Waals surface area contributed by atoms with E-state index in [0.29, 0.717) is 29.8 Å². The summed E-state index contributed by atoms with van der Waals surface area (Å²) in [6, 6.07) is 24.2. The van der Waals surface area contributed by atoms with Gasteiger partial charge in [-0.15, -0.1) is 0 Å². The highest BCUT2D eigenvalue weighted by Gasteiger charge is 2.47. The zero-order valence-corrected chi connectivity index (χ0v) is 16.8. The maximum atomic E-state index is 13.3. The second-order valence-corrected chi connectivity index (χ2v) is 7.67. The van der Waals surface area contributed by atoms with Crippen molar-refractivity contribution in [2.75, 3.05) is 18.0 Å². The lowest BCUT2D eigenvalue weighted by Gasteiger charge is -2.40. The Morgan fingerprint density at radius 2 is 1.48 bits per heavy atom. The van der Waals surface area contributed by atoms with Gasteiger partial charge in [0.2, 0.25) is 5.91 Å². The van der Waals surface area contributed by atoms with Gasteiger partial charge in [0, 0.05) is 17.7 Å². The number of nitrogens with zero attached hydrogens (tertiary/aromatic N) is 2. The lowest BCUT2D eigenvalue weighted by molar-refractivity contribution is -0.122. The molecule has 0 fully saturated rings. The minimum absolute atomic E-state index is 0.120. The fourth-order valence-electron chi connectivity index (χ4n) is 4.34. The van der Waals surface area contributed by atoms with Crippen LogP contribution in [0.5, 0.6) is 0 Å². The Kier molecular flexibility index (Phi) is 4.75. The first-order chi connectivity index (χ1) is 15.1. The summed E-state index contributed by atoms with van der Waals surface area (Å²) in [5.74, 6) is -0.657. The number of anilines is 1. The first-order valence-electron chi connectivity index (χ1n) is 10.3. The summed E-state index contributed by atoms with van der Waals surface area (Å²) < 4.78 is 0. The average Bonchev–Trinajstić information content (AvgIpc) is 3.10. The summed E-state index contributed by atoms with van der Waals surface area (Å²) in [7, 11) is 0. The molecule has 1 N–H and O–H groups in total. The third kappa shape index (κ3) is 3.26. The predicted molar refractivity (Wildman–Crippen MR) is 117 cm³/mol. The van der Waals surface area contributed by atoms with Crippen molar-refractivity contribution in [2.24, 2.45) is 0 Å². The molecule has 0 aliphatic carbocycles. The highest BCUT2D eigenvalue weighted by molar-refractivity contribution is 6.17. The van der Waals surface area contributed by atoms with E-state index in [1.807, 2.05) is 54.6 Å². The summed E-state index contributed by atoms with van der Waals surface area (Å²) in [4.78, 5) is 42.3. The minimum atomic E-state index is -0.619. The van der Waals surface area contributed by atoms with Crippen LogP contribution < -0.4 is 10.2 Å². The Morgan fingerprint density at radius 1 is 0.806 bits per heavy atom. The molecule has 2 heterocycles. The topological polar surface area (TPSA) is 69.7 Å². The number of benzene rings is 3. The third-order valence-electron chi connectivity index (χ3n) is 5.78. The SMILES string of the molecule is O=C(CN1C(=O)c2ccccc2N2C(=O)c3ccccc3[C@H]12)NCCc1ccccc1. The summed E-state index contributed by atoms with van der Waals surface area (Å²) in [5, 5.41) is 2.90. The number of fused-ring (bicyclic) bond motifs is 5. The van der Waals surface area contributed by atoms with Crippen LogP contribution in [-0.2, 0) is 11.2 Å². The molecule has 154 valence electrons. The van der Waals surface area contributed by atoms with Crippen LogP contribution in [0.4, 0.5) is 5.69 Å². The van der Waals surface area contributed by atoms with Crippen LogP contribution >= 0.6 is 0 Å². The Balaban J connectivity index is 1.40. The largest absolute Gasteiger partial charge is 0.354 e. The van der Waals surface area contributed by atoms with Crippen LogP contribution in [0.3, 0.4) is 0 Å². The molecule has 2 aliphatic rings.